The van der Waals surface area contributed by atoms with Gasteiger partial charge in [-0.3, -0.25) is 9.59 Å². The first-order valence-electron chi connectivity index (χ1n) is 5.73. The van der Waals surface area contributed by atoms with Crippen LogP contribution < -0.4 is 16.4 Å². The maximum absolute atomic E-state index is 11.6. The van der Waals surface area contributed by atoms with Gasteiger partial charge >= 0.3 is 0 Å². The van der Waals surface area contributed by atoms with E-state index in [0.29, 0.717) is 13.0 Å². The van der Waals surface area contributed by atoms with Gasteiger partial charge in [0.15, 0.2) is 0 Å². The van der Waals surface area contributed by atoms with Crippen molar-refractivity contribution >= 4 is 11.8 Å². The molecule has 0 radical (unpaired) electrons. The molecule has 0 rings (SSSR count). The maximum atomic E-state index is 11.6. The summed E-state index contributed by atoms with van der Waals surface area (Å²) in [6.45, 7) is 7.62. The van der Waals surface area contributed by atoms with Crippen molar-refractivity contribution in [3.05, 3.63) is 0 Å². The number of nitrogens with one attached hydrogen (secondary N) is 2. The van der Waals surface area contributed by atoms with Gasteiger partial charge in [-0.15, -0.1) is 0 Å². The van der Waals surface area contributed by atoms with Crippen LogP contribution in [0.4, 0.5) is 0 Å². The van der Waals surface area contributed by atoms with Gasteiger partial charge in [-0.1, -0.05) is 6.92 Å². The largest absolute Gasteiger partial charge is 0.352 e. The predicted molar refractivity (Wildman–Crippen MR) is 63.7 cm³/mol. The number of hydrogen-bond acceptors (Lipinski definition) is 3. The van der Waals surface area contributed by atoms with Crippen LogP contribution >= 0.6 is 0 Å². The molecule has 5 nitrogen and oxygen atoms in total. The minimum Gasteiger partial charge on any atom is -0.352 e. The Kier molecular flexibility index (Phi) is 6.72. The second kappa shape index (κ2) is 7.22. The van der Waals surface area contributed by atoms with E-state index in [1.54, 1.807) is 6.92 Å². The monoisotopic (exact) mass is 229 g/mol. The van der Waals surface area contributed by atoms with Crippen LogP contribution in [0.5, 0.6) is 0 Å². The van der Waals surface area contributed by atoms with E-state index in [9.17, 15) is 9.59 Å². The number of amides is 2. The Morgan fingerprint density at radius 3 is 2.06 bits per heavy atom. The van der Waals surface area contributed by atoms with Gasteiger partial charge in [0.05, 0.1) is 0 Å². The predicted octanol–water partition coefficient (Wildman–Crippen LogP) is 0.000600. The minimum absolute atomic E-state index is 0.0725. The highest BCUT2D eigenvalue weighted by molar-refractivity contribution is 5.88. The van der Waals surface area contributed by atoms with Crippen molar-refractivity contribution in [1.82, 2.24) is 10.6 Å². The van der Waals surface area contributed by atoms with Crippen LogP contribution in [0.15, 0.2) is 0 Å². The Morgan fingerprint density at radius 1 is 1.12 bits per heavy atom. The standard InChI is InChI=1S/C11H23N3O2/c1-5-9(6-12)11(16)14-8(4)10(15)13-7(2)3/h7-9H,5-6,12H2,1-4H3,(H,13,15)(H,14,16). The third-order valence-corrected chi connectivity index (χ3v) is 2.33. The third-order valence-electron chi connectivity index (χ3n) is 2.33. The highest BCUT2D eigenvalue weighted by Crippen LogP contribution is 2.00. The van der Waals surface area contributed by atoms with Gasteiger partial charge in [0.1, 0.15) is 6.04 Å². The lowest BCUT2D eigenvalue weighted by Gasteiger charge is -2.19. The number of carbonyl (C=O) groups is 2. The fourth-order valence-corrected chi connectivity index (χ4v) is 1.27. The van der Waals surface area contributed by atoms with Crippen LogP contribution in [0.25, 0.3) is 0 Å². The van der Waals surface area contributed by atoms with Crippen molar-refractivity contribution in [2.24, 2.45) is 11.7 Å². The molecule has 0 heterocycles. The number of nitrogens with two attached hydrogens (primary N) is 1. The molecule has 0 spiro atoms. The average molecular weight is 229 g/mol. The molecule has 2 amide bonds. The Balaban J connectivity index is 4.17. The van der Waals surface area contributed by atoms with E-state index in [2.05, 4.69) is 10.6 Å². The van der Waals surface area contributed by atoms with Crippen molar-refractivity contribution in [3.63, 3.8) is 0 Å². The molecule has 16 heavy (non-hydrogen) atoms. The number of carbonyl (C=O) groups excluding carboxylic acids is 2. The molecule has 0 aliphatic rings. The molecule has 4 N–H and O–H groups in total. The minimum atomic E-state index is -0.518. The molecule has 0 saturated heterocycles. The third kappa shape index (κ3) is 5.11. The van der Waals surface area contributed by atoms with Gasteiger partial charge in [-0.05, 0) is 27.2 Å². The Labute approximate surface area is 97.2 Å². The van der Waals surface area contributed by atoms with E-state index in [0.717, 1.165) is 0 Å². The smallest absolute Gasteiger partial charge is 0.242 e. The van der Waals surface area contributed by atoms with E-state index in [1.165, 1.54) is 0 Å². The summed E-state index contributed by atoms with van der Waals surface area (Å²) in [5.41, 5.74) is 5.46. The van der Waals surface area contributed by atoms with E-state index in [4.69, 9.17) is 5.73 Å². The van der Waals surface area contributed by atoms with E-state index < -0.39 is 6.04 Å². The second-order valence-corrected chi connectivity index (χ2v) is 4.23. The molecule has 0 bridgehead atoms. The Hall–Kier alpha value is -1.10. The van der Waals surface area contributed by atoms with Crippen LogP contribution in [-0.4, -0.2) is 30.4 Å². The van der Waals surface area contributed by atoms with Gasteiger partial charge in [-0.2, -0.15) is 0 Å². The lowest BCUT2D eigenvalue weighted by Crippen LogP contribution is -2.49. The second-order valence-electron chi connectivity index (χ2n) is 4.23. The molecule has 0 saturated carbocycles. The summed E-state index contributed by atoms with van der Waals surface area (Å²) in [6.07, 6.45) is 0.681. The molecule has 0 aromatic rings. The fraction of sp³-hybridized carbons (Fsp3) is 0.818. The summed E-state index contributed by atoms with van der Waals surface area (Å²) in [7, 11) is 0. The number of hydrogen-bond donors (Lipinski definition) is 3. The summed E-state index contributed by atoms with van der Waals surface area (Å²) in [5.74, 6) is -0.541. The topological polar surface area (TPSA) is 84.2 Å². The van der Waals surface area contributed by atoms with Crippen molar-refractivity contribution < 1.29 is 9.59 Å². The lowest BCUT2D eigenvalue weighted by atomic mass is 10.1. The maximum Gasteiger partial charge on any atom is 0.242 e. The summed E-state index contributed by atoms with van der Waals surface area (Å²) < 4.78 is 0. The zero-order valence-corrected chi connectivity index (χ0v) is 10.5. The van der Waals surface area contributed by atoms with Crippen molar-refractivity contribution in [1.29, 1.82) is 0 Å². The summed E-state index contributed by atoms with van der Waals surface area (Å²) in [5, 5.41) is 5.39. The van der Waals surface area contributed by atoms with Crippen molar-refractivity contribution in [2.75, 3.05) is 6.54 Å². The average Bonchev–Trinajstić information content (AvgIpc) is 2.18. The Bertz CT molecular complexity index is 237. The fourth-order valence-electron chi connectivity index (χ4n) is 1.27. The normalized spacial score (nSPS) is 14.4. The SMILES string of the molecule is CCC(CN)C(=O)NC(C)C(=O)NC(C)C. The summed E-state index contributed by atoms with van der Waals surface area (Å²) in [6, 6.07) is -0.446. The zero-order chi connectivity index (χ0) is 12.7. The van der Waals surface area contributed by atoms with Crippen LogP contribution in [0, 0.1) is 5.92 Å². The van der Waals surface area contributed by atoms with Crippen LogP contribution in [0.2, 0.25) is 0 Å². The quantitative estimate of drug-likeness (QED) is 0.599. The molecule has 0 aliphatic carbocycles. The lowest BCUT2D eigenvalue weighted by molar-refractivity contribution is -0.130. The molecule has 2 unspecified atom stereocenters. The van der Waals surface area contributed by atoms with Gasteiger partial charge in [0.25, 0.3) is 0 Å². The molecule has 0 aliphatic heterocycles. The molecule has 2 atom stereocenters. The van der Waals surface area contributed by atoms with E-state index >= 15 is 0 Å². The van der Waals surface area contributed by atoms with Gasteiger partial charge < -0.3 is 16.4 Å². The first kappa shape index (κ1) is 14.9. The highest BCUT2D eigenvalue weighted by Gasteiger charge is 2.20. The molecule has 94 valence electrons. The van der Waals surface area contributed by atoms with Crippen molar-refractivity contribution in [3.8, 4) is 0 Å². The zero-order valence-electron chi connectivity index (χ0n) is 10.5. The first-order chi connectivity index (χ1) is 7.42. The highest BCUT2D eigenvalue weighted by atomic mass is 16.2. The molecular weight excluding hydrogens is 206 g/mol. The first-order valence-corrected chi connectivity index (χ1v) is 5.73. The van der Waals surface area contributed by atoms with E-state index in [1.807, 2.05) is 20.8 Å². The summed E-state index contributed by atoms with van der Waals surface area (Å²) >= 11 is 0. The van der Waals surface area contributed by atoms with Crippen molar-refractivity contribution in [2.45, 2.75) is 46.2 Å². The summed E-state index contributed by atoms with van der Waals surface area (Å²) in [4.78, 5) is 23.2. The van der Waals surface area contributed by atoms with Crippen LogP contribution in [-0.2, 0) is 9.59 Å². The molecule has 5 heteroatoms. The molecule has 0 fully saturated rings. The molecular formula is C11H23N3O2. The van der Waals surface area contributed by atoms with Crippen LogP contribution in [0.3, 0.4) is 0 Å². The van der Waals surface area contributed by atoms with Gasteiger partial charge in [-0.25, -0.2) is 0 Å². The number of rotatable bonds is 6. The van der Waals surface area contributed by atoms with Gasteiger partial charge in [0, 0.05) is 18.5 Å². The van der Waals surface area contributed by atoms with Gasteiger partial charge in [0.2, 0.25) is 11.8 Å². The molecule has 0 aromatic carbocycles. The Morgan fingerprint density at radius 2 is 1.69 bits per heavy atom. The molecule has 0 aromatic heterocycles. The van der Waals surface area contributed by atoms with Crippen LogP contribution in [0.1, 0.15) is 34.1 Å². The van der Waals surface area contributed by atoms with E-state index in [-0.39, 0.29) is 23.8 Å².